The van der Waals surface area contributed by atoms with Gasteiger partial charge in [0, 0.05) is 37.4 Å². The van der Waals surface area contributed by atoms with Crippen molar-refractivity contribution in [3.8, 4) is 17.5 Å². The number of benzene rings is 2. The Morgan fingerprint density at radius 1 is 1.03 bits per heavy atom. The summed E-state index contributed by atoms with van der Waals surface area (Å²) < 4.78 is 7.08. The van der Waals surface area contributed by atoms with Crippen LogP contribution in [0.25, 0.3) is 5.69 Å². The average molecular weight is 430 g/mol. The molecule has 4 rings (SSSR count). The van der Waals surface area contributed by atoms with Crippen LogP contribution in [-0.2, 0) is 0 Å². The van der Waals surface area contributed by atoms with Gasteiger partial charge in [0.1, 0.15) is 11.8 Å². The Morgan fingerprint density at radius 2 is 1.69 bits per heavy atom. The van der Waals surface area contributed by atoms with Crippen molar-refractivity contribution < 1.29 is 9.53 Å². The third kappa shape index (κ3) is 4.36. The Bertz CT molecular complexity index is 1120. The highest BCUT2D eigenvalue weighted by Gasteiger charge is 2.27. The highest BCUT2D eigenvalue weighted by molar-refractivity contribution is 5.94. The van der Waals surface area contributed by atoms with Crippen molar-refractivity contribution in [2.75, 3.05) is 33.3 Å². The zero-order chi connectivity index (χ0) is 22.7. The molecule has 1 aliphatic rings. The van der Waals surface area contributed by atoms with E-state index in [0.29, 0.717) is 31.7 Å². The quantitative estimate of drug-likeness (QED) is 0.620. The number of hydrogen-bond donors (Lipinski definition) is 0. The molecule has 7 heteroatoms. The number of nitriles is 1. The molecule has 0 spiro atoms. The standard InChI is InChI=1S/C25H27N5O2/c1-18-16-19(2)30(27-18)22-8-4-21(5-9-22)25(31)29-14-12-28(13-15-29)24(17-26)20-6-10-23(32-3)11-7-20/h4-11,16,24H,12-15H2,1-3H3. The first-order valence-corrected chi connectivity index (χ1v) is 10.7. The number of methoxy groups -OCH3 is 1. The van der Waals surface area contributed by atoms with Gasteiger partial charge in [0.05, 0.1) is 24.6 Å². The fourth-order valence-electron chi connectivity index (χ4n) is 4.15. The molecule has 7 nitrogen and oxygen atoms in total. The first-order valence-electron chi connectivity index (χ1n) is 10.7. The molecular weight excluding hydrogens is 402 g/mol. The maximum atomic E-state index is 13.0. The summed E-state index contributed by atoms with van der Waals surface area (Å²) in [6.07, 6.45) is 0. The summed E-state index contributed by atoms with van der Waals surface area (Å²) in [6.45, 7) is 6.46. The molecule has 0 bridgehead atoms. The van der Waals surface area contributed by atoms with Crippen LogP contribution in [0.15, 0.2) is 54.6 Å². The van der Waals surface area contributed by atoms with Crippen molar-refractivity contribution in [2.45, 2.75) is 19.9 Å². The summed E-state index contributed by atoms with van der Waals surface area (Å²) in [5.74, 6) is 0.784. The van der Waals surface area contributed by atoms with Gasteiger partial charge in [-0.05, 0) is 61.9 Å². The number of aromatic nitrogens is 2. The van der Waals surface area contributed by atoms with Crippen LogP contribution < -0.4 is 4.74 Å². The normalized spacial score (nSPS) is 15.2. The van der Waals surface area contributed by atoms with Crippen molar-refractivity contribution >= 4 is 5.91 Å². The Labute approximate surface area is 188 Å². The van der Waals surface area contributed by atoms with Gasteiger partial charge in [0.15, 0.2) is 0 Å². The zero-order valence-corrected chi connectivity index (χ0v) is 18.7. The number of hydrogen-bond acceptors (Lipinski definition) is 5. The van der Waals surface area contributed by atoms with E-state index in [1.807, 2.05) is 78.0 Å². The van der Waals surface area contributed by atoms with Crippen LogP contribution in [0.2, 0.25) is 0 Å². The predicted molar refractivity (Wildman–Crippen MR) is 122 cm³/mol. The lowest BCUT2D eigenvalue weighted by atomic mass is 10.1. The van der Waals surface area contributed by atoms with E-state index in [9.17, 15) is 10.1 Å². The molecule has 1 aromatic heterocycles. The van der Waals surface area contributed by atoms with Gasteiger partial charge in [-0.25, -0.2) is 4.68 Å². The third-order valence-electron chi connectivity index (χ3n) is 5.89. The molecule has 1 saturated heterocycles. The fraction of sp³-hybridized carbons (Fsp3) is 0.320. The van der Waals surface area contributed by atoms with Gasteiger partial charge in [-0.15, -0.1) is 0 Å². The lowest BCUT2D eigenvalue weighted by Gasteiger charge is -2.37. The lowest BCUT2D eigenvalue weighted by molar-refractivity contribution is 0.0606. The molecule has 1 fully saturated rings. The van der Waals surface area contributed by atoms with Gasteiger partial charge in [-0.3, -0.25) is 9.69 Å². The molecule has 164 valence electrons. The molecule has 1 amide bonds. The summed E-state index contributed by atoms with van der Waals surface area (Å²) >= 11 is 0. The first-order chi connectivity index (χ1) is 15.5. The second kappa shape index (κ2) is 9.25. The number of amides is 1. The fourth-order valence-corrected chi connectivity index (χ4v) is 4.15. The summed E-state index contributed by atoms with van der Waals surface area (Å²) in [5.41, 5.74) is 4.56. The highest BCUT2D eigenvalue weighted by atomic mass is 16.5. The van der Waals surface area contributed by atoms with Crippen molar-refractivity contribution in [1.82, 2.24) is 19.6 Å². The largest absolute Gasteiger partial charge is 0.497 e. The predicted octanol–water partition coefficient (Wildman–Crippen LogP) is 3.52. The molecule has 2 aromatic carbocycles. The van der Waals surface area contributed by atoms with Crippen molar-refractivity contribution in [1.29, 1.82) is 5.26 Å². The van der Waals surface area contributed by atoms with Crippen molar-refractivity contribution in [3.63, 3.8) is 0 Å². The Hall–Kier alpha value is -3.63. The summed E-state index contributed by atoms with van der Waals surface area (Å²) in [5, 5.41) is 14.2. The summed E-state index contributed by atoms with van der Waals surface area (Å²) in [7, 11) is 1.62. The molecule has 0 radical (unpaired) electrons. The van der Waals surface area contributed by atoms with Gasteiger partial charge in [0.2, 0.25) is 0 Å². The molecule has 0 N–H and O–H groups in total. The van der Waals surface area contributed by atoms with E-state index in [0.717, 1.165) is 28.4 Å². The number of nitrogens with zero attached hydrogens (tertiary/aromatic N) is 5. The van der Waals surface area contributed by atoms with Crippen LogP contribution in [0.4, 0.5) is 0 Å². The number of carbonyl (C=O) groups excluding carboxylic acids is 1. The molecule has 1 aliphatic heterocycles. The topological polar surface area (TPSA) is 74.4 Å². The highest BCUT2D eigenvalue weighted by Crippen LogP contribution is 2.24. The van der Waals surface area contributed by atoms with E-state index in [1.54, 1.807) is 7.11 Å². The number of rotatable bonds is 5. The molecule has 1 atom stereocenters. The Balaban J connectivity index is 1.39. The monoisotopic (exact) mass is 429 g/mol. The van der Waals surface area contributed by atoms with E-state index >= 15 is 0 Å². The van der Waals surface area contributed by atoms with Gasteiger partial charge >= 0.3 is 0 Å². The van der Waals surface area contributed by atoms with E-state index in [4.69, 9.17) is 4.74 Å². The molecule has 0 saturated carbocycles. The average Bonchev–Trinajstić information content (AvgIpc) is 3.18. The van der Waals surface area contributed by atoms with Gasteiger partial charge in [0.25, 0.3) is 5.91 Å². The number of piperazine rings is 1. The second-order valence-corrected chi connectivity index (χ2v) is 8.02. The Kier molecular flexibility index (Phi) is 6.24. The lowest BCUT2D eigenvalue weighted by Crippen LogP contribution is -2.49. The van der Waals surface area contributed by atoms with Crippen molar-refractivity contribution in [3.05, 3.63) is 77.1 Å². The minimum Gasteiger partial charge on any atom is -0.497 e. The van der Waals surface area contributed by atoms with E-state index in [1.165, 1.54) is 0 Å². The van der Waals surface area contributed by atoms with E-state index in [2.05, 4.69) is 16.1 Å². The number of carbonyl (C=O) groups is 1. The second-order valence-electron chi connectivity index (χ2n) is 8.02. The molecule has 2 heterocycles. The molecule has 32 heavy (non-hydrogen) atoms. The van der Waals surface area contributed by atoms with Crippen LogP contribution in [0, 0.1) is 25.2 Å². The minimum absolute atomic E-state index is 0.0162. The van der Waals surface area contributed by atoms with Crippen LogP contribution in [0.3, 0.4) is 0 Å². The maximum Gasteiger partial charge on any atom is 0.253 e. The third-order valence-corrected chi connectivity index (χ3v) is 5.89. The van der Waals surface area contributed by atoms with E-state index in [-0.39, 0.29) is 11.9 Å². The first kappa shape index (κ1) is 21.6. The summed E-state index contributed by atoms with van der Waals surface area (Å²) in [6, 6.07) is 19.3. The maximum absolute atomic E-state index is 13.0. The SMILES string of the molecule is COc1ccc(C(C#N)N2CCN(C(=O)c3ccc(-n4nc(C)cc4C)cc3)CC2)cc1. The number of aryl methyl sites for hydroxylation is 2. The van der Waals surface area contributed by atoms with Crippen LogP contribution >= 0.6 is 0 Å². The van der Waals surface area contributed by atoms with Gasteiger partial charge in [-0.1, -0.05) is 12.1 Å². The van der Waals surface area contributed by atoms with Crippen LogP contribution in [-0.4, -0.2) is 58.8 Å². The summed E-state index contributed by atoms with van der Waals surface area (Å²) in [4.78, 5) is 17.0. The molecule has 3 aromatic rings. The van der Waals surface area contributed by atoms with Crippen molar-refractivity contribution in [2.24, 2.45) is 0 Å². The van der Waals surface area contributed by atoms with Gasteiger partial charge < -0.3 is 9.64 Å². The van der Waals surface area contributed by atoms with E-state index < -0.39 is 0 Å². The molecular formula is C25H27N5O2. The van der Waals surface area contributed by atoms with Gasteiger partial charge in [-0.2, -0.15) is 10.4 Å². The van der Waals surface area contributed by atoms with Crippen LogP contribution in [0.5, 0.6) is 5.75 Å². The number of ether oxygens (including phenoxy) is 1. The Morgan fingerprint density at radius 3 is 2.22 bits per heavy atom. The molecule has 0 aliphatic carbocycles. The molecule has 1 unspecified atom stereocenters. The minimum atomic E-state index is -0.335. The zero-order valence-electron chi connectivity index (χ0n) is 18.7. The smallest absolute Gasteiger partial charge is 0.253 e. The van der Waals surface area contributed by atoms with Crippen LogP contribution in [0.1, 0.15) is 33.4 Å².